The van der Waals surface area contributed by atoms with Crippen molar-refractivity contribution in [3.05, 3.63) is 28.8 Å². The lowest BCUT2D eigenvalue weighted by Crippen LogP contribution is -2.43. The average molecular weight is 367 g/mol. The third kappa shape index (κ3) is 4.89. The van der Waals surface area contributed by atoms with E-state index in [9.17, 15) is 9.59 Å². The maximum absolute atomic E-state index is 12.3. The van der Waals surface area contributed by atoms with Gasteiger partial charge in [0, 0.05) is 19.2 Å². The summed E-state index contributed by atoms with van der Waals surface area (Å²) in [6.07, 6.45) is 4.64. The molecule has 2 amide bonds. The molecule has 1 saturated heterocycles. The van der Waals surface area contributed by atoms with Crippen molar-refractivity contribution in [1.82, 2.24) is 4.90 Å². The van der Waals surface area contributed by atoms with Crippen LogP contribution in [0.1, 0.15) is 25.3 Å². The van der Waals surface area contributed by atoms with E-state index in [0.717, 1.165) is 18.4 Å². The number of likely N-dealkylation sites (tertiary alicyclic amines) is 1. The van der Waals surface area contributed by atoms with Crippen molar-refractivity contribution in [2.75, 3.05) is 26.8 Å². The molecule has 1 heterocycles. The number of hydrogen-bond acceptors (Lipinski definition) is 4. The molecule has 1 aromatic carbocycles. The Bertz CT molecular complexity index is 675. The van der Waals surface area contributed by atoms with Gasteiger partial charge in [0.2, 0.25) is 11.8 Å². The van der Waals surface area contributed by atoms with Gasteiger partial charge in [-0.2, -0.15) is 0 Å². The van der Waals surface area contributed by atoms with Gasteiger partial charge in [0.15, 0.2) is 11.5 Å². The SMILES string of the molecule is CCOc1c(Cl)cc(/C=C/C(=O)N2CCCC(C(N)=O)C2)cc1OC. The first kappa shape index (κ1) is 19.1. The fourth-order valence-electron chi connectivity index (χ4n) is 2.80. The number of halogens is 1. The Morgan fingerprint density at radius 3 is 2.84 bits per heavy atom. The number of nitrogens with two attached hydrogens (primary N) is 1. The second kappa shape index (κ2) is 8.76. The molecule has 0 aromatic heterocycles. The molecule has 6 nitrogen and oxygen atoms in total. The van der Waals surface area contributed by atoms with E-state index in [-0.39, 0.29) is 17.7 Å². The Hall–Kier alpha value is -2.21. The van der Waals surface area contributed by atoms with Crippen LogP contribution < -0.4 is 15.2 Å². The number of amides is 2. The van der Waals surface area contributed by atoms with Gasteiger partial charge < -0.3 is 20.1 Å². The van der Waals surface area contributed by atoms with Crippen LogP contribution in [0.15, 0.2) is 18.2 Å². The summed E-state index contributed by atoms with van der Waals surface area (Å²) in [6.45, 7) is 3.33. The van der Waals surface area contributed by atoms with Crippen molar-refractivity contribution in [2.24, 2.45) is 11.7 Å². The van der Waals surface area contributed by atoms with Gasteiger partial charge >= 0.3 is 0 Å². The second-order valence-corrected chi connectivity index (χ2v) is 6.23. The van der Waals surface area contributed by atoms with Crippen LogP contribution >= 0.6 is 11.6 Å². The van der Waals surface area contributed by atoms with Crippen LogP contribution in [-0.4, -0.2) is 43.5 Å². The summed E-state index contributed by atoms with van der Waals surface area (Å²) in [7, 11) is 1.53. The van der Waals surface area contributed by atoms with Gasteiger partial charge in [-0.25, -0.2) is 0 Å². The number of primary amides is 1. The minimum Gasteiger partial charge on any atom is -0.493 e. The Balaban J connectivity index is 2.11. The Morgan fingerprint density at radius 2 is 2.20 bits per heavy atom. The van der Waals surface area contributed by atoms with E-state index in [1.165, 1.54) is 13.2 Å². The number of carbonyl (C=O) groups is 2. The highest BCUT2D eigenvalue weighted by molar-refractivity contribution is 6.32. The normalized spacial score (nSPS) is 17.6. The number of hydrogen-bond donors (Lipinski definition) is 1. The van der Waals surface area contributed by atoms with Crippen molar-refractivity contribution in [2.45, 2.75) is 19.8 Å². The lowest BCUT2D eigenvalue weighted by atomic mass is 9.97. The monoisotopic (exact) mass is 366 g/mol. The molecule has 0 bridgehead atoms. The van der Waals surface area contributed by atoms with Gasteiger partial charge in [0.25, 0.3) is 0 Å². The summed E-state index contributed by atoms with van der Waals surface area (Å²) in [5.41, 5.74) is 6.07. The summed E-state index contributed by atoms with van der Waals surface area (Å²) in [4.78, 5) is 25.3. The summed E-state index contributed by atoms with van der Waals surface area (Å²) < 4.78 is 10.8. The highest BCUT2D eigenvalue weighted by Crippen LogP contribution is 2.36. The predicted molar refractivity (Wildman–Crippen MR) is 96.7 cm³/mol. The third-order valence-corrected chi connectivity index (χ3v) is 4.37. The maximum Gasteiger partial charge on any atom is 0.246 e. The van der Waals surface area contributed by atoms with E-state index in [1.54, 1.807) is 23.1 Å². The number of carbonyl (C=O) groups excluding carboxylic acids is 2. The Labute approximate surface area is 152 Å². The Kier molecular flexibility index (Phi) is 6.70. The average Bonchev–Trinajstić information content (AvgIpc) is 2.61. The van der Waals surface area contributed by atoms with E-state index in [1.807, 2.05) is 6.92 Å². The molecule has 0 spiro atoms. The molecular weight excluding hydrogens is 344 g/mol. The maximum atomic E-state index is 12.3. The van der Waals surface area contributed by atoms with Crippen molar-refractivity contribution in [1.29, 1.82) is 0 Å². The highest BCUT2D eigenvalue weighted by Gasteiger charge is 2.25. The largest absolute Gasteiger partial charge is 0.493 e. The second-order valence-electron chi connectivity index (χ2n) is 5.83. The molecule has 0 saturated carbocycles. The minimum atomic E-state index is -0.357. The fourth-order valence-corrected chi connectivity index (χ4v) is 3.08. The van der Waals surface area contributed by atoms with Gasteiger partial charge in [-0.3, -0.25) is 9.59 Å². The van der Waals surface area contributed by atoms with Crippen LogP contribution in [0.3, 0.4) is 0 Å². The molecular formula is C18H23ClN2O4. The molecule has 1 aliphatic rings. The zero-order chi connectivity index (χ0) is 18.4. The van der Waals surface area contributed by atoms with Crippen molar-refractivity contribution < 1.29 is 19.1 Å². The van der Waals surface area contributed by atoms with E-state index < -0.39 is 0 Å². The first-order valence-electron chi connectivity index (χ1n) is 8.22. The van der Waals surface area contributed by atoms with E-state index >= 15 is 0 Å². The molecule has 0 aliphatic carbocycles. The summed E-state index contributed by atoms with van der Waals surface area (Å²) in [5.74, 6) is 0.203. The van der Waals surface area contributed by atoms with Crippen molar-refractivity contribution in [3.8, 4) is 11.5 Å². The smallest absolute Gasteiger partial charge is 0.246 e. The molecule has 1 aromatic rings. The minimum absolute atomic E-state index is 0.157. The van der Waals surface area contributed by atoms with Gasteiger partial charge in [-0.05, 0) is 43.5 Å². The van der Waals surface area contributed by atoms with Crippen LogP contribution in [0, 0.1) is 5.92 Å². The number of benzene rings is 1. The van der Waals surface area contributed by atoms with Crippen molar-refractivity contribution in [3.63, 3.8) is 0 Å². The third-order valence-electron chi connectivity index (χ3n) is 4.09. The van der Waals surface area contributed by atoms with Crippen LogP contribution in [0.4, 0.5) is 0 Å². The first-order valence-corrected chi connectivity index (χ1v) is 8.60. The molecule has 2 rings (SSSR count). The van der Waals surface area contributed by atoms with E-state index in [0.29, 0.717) is 36.2 Å². The molecule has 1 unspecified atom stereocenters. The molecule has 136 valence electrons. The van der Waals surface area contributed by atoms with E-state index in [4.69, 9.17) is 26.8 Å². The summed E-state index contributed by atoms with van der Waals surface area (Å²) in [6, 6.07) is 3.46. The van der Waals surface area contributed by atoms with Gasteiger partial charge in [0.05, 0.1) is 24.7 Å². The van der Waals surface area contributed by atoms with Gasteiger partial charge in [-0.15, -0.1) is 0 Å². The standard InChI is InChI=1S/C18H23ClN2O4/c1-3-25-17-14(19)9-12(10-15(17)24-2)6-7-16(22)21-8-4-5-13(11-21)18(20)23/h6-7,9-10,13H,3-5,8,11H2,1-2H3,(H2,20,23)/b7-6+. The van der Waals surface area contributed by atoms with Crippen LogP contribution in [0.5, 0.6) is 11.5 Å². The van der Waals surface area contributed by atoms with Crippen LogP contribution in [0.2, 0.25) is 5.02 Å². The quantitative estimate of drug-likeness (QED) is 0.784. The van der Waals surface area contributed by atoms with E-state index in [2.05, 4.69) is 0 Å². The molecule has 0 radical (unpaired) electrons. The molecule has 7 heteroatoms. The van der Waals surface area contributed by atoms with Crippen LogP contribution in [0.25, 0.3) is 6.08 Å². The summed E-state index contributed by atoms with van der Waals surface area (Å²) >= 11 is 6.22. The zero-order valence-electron chi connectivity index (χ0n) is 14.5. The Morgan fingerprint density at radius 1 is 1.44 bits per heavy atom. The highest BCUT2D eigenvalue weighted by atomic mass is 35.5. The fraction of sp³-hybridized carbons (Fsp3) is 0.444. The zero-order valence-corrected chi connectivity index (χ0v) is 15.2. The molecule has 2 N–H and O–H groups in total. The predicted octanol–water partition coefficient (Wildman–Crippen LogP) is 2.48. The number of rotatable bonds is 6. The number of methoxy groups -OCH3 is 1. The summed E-state index contributed by atoms with van der Waals surface area (Å²) in [5, 5.41) is 0.417. The molecule has 1 atom stereocenters. The molecule has 25 heavy (non-hydrogen) atoms. The number of nitrogens with zero attached hydrogens (tertiary/aromatic N) is 1. The number of piperidine rings is 1. The van der Waals surface area contributed by atoms with Crippen molar-refractivity contribution >= 4 is 29.5 Å². The van der Waals surface area contributed by atoms with Gasteiger partial charge in [-0.1, -0.05) is 11.6 Å². The van der Waals surface area contributed by atoms with Crippen LogP contribution in [-0.2, 0) is 9.59 Å². The first-order chi connectivity index (χ1) is 12.0. The number of ether oxygens (including phenoxy) is 2. The lowest BCUT2D eigenvalue weighted by Gasteiger charge is -2.30. The molecule has 1 aliphatic heterocycles. The van der Waals surface area contributed by atoms with Gasteiger partial charge in [0.1, 0.15) is 0 Å². The molecule has 1 fully saturated rings. The lowest BCUT2D eigenvalue weighted by molar-refractivity contribution is -0.130. The topological polar surface area (TPSA) is 81.9 Å².